The maximum atomic E-state index is 12.3. The van der Waals surface area contributed by atoms with Gasteiger partial charge in [0.05, 0.1) is 24.5 Å². The molecule has 2 aromatic heterocycles. The van der Waals surface area contributed by atoms with E-state index in [1.54, 1.807) is 19.5 Å². The lowest BCUT2D eigenvalue weighted by Crippen LogP contribution is -2.28. The van der Waals surface area contributed by atoms with Gasteiger partial charge in [-0.05, 0) is 54.8 Å². The van der Waals surface area contributed by atoms with Crippen LogP contribution in [-0.4, -0.2) is 50.7 Å². The first-order valence-electron chi connectivity index (χ1n) is 11.1. The second-order valence-corrected chi connectivity index (χ2v) is 8.04. The van der Waals surface area contributed by atoms with Crippen molar-refractivity contribution < 1.29 is 14.1 Å². The molecule has 3 heterocycles. The van der Waals surface area contributed by atoms with Crippen LogP contribution in [0.2, 0.25) is 0 Å². The predicted molar refractivity (Wildman–Crippen MR) is 125 cm³/mol. The third kappa shape index (κ3) is 4.64. The summed E-state index contributed by atoms with van der Waals surface area (Å²) < 4.78 is 12.6. The molecule has 0 bridgehead atoms. The number of hydrogen-bond acceptors (Lipinski definition) is 6. The molecule has 2 aromatic carbocycles. The Hall–Kier alpha value is -3.94. The second-order valence-electron chi connectivity index (χ2n) is 8.04. The fourth-order valence-corrected chi connectivity index (χ4v) is 4.02. The first-order chi connectivity index (χ1) is 16.2. The van der Waals surface area contributed by atoms with E-state index in [-0.39, 0.29) is 5.91 Å². The van der Waals surface area contributed by atoms with Crippen LogP contribution in [0.3, 0.4) is 0 Å². The summed E-state index contributed by atoms with van der Waals surface area (Å²) in [5, 5.41) is 4.10. The van der Waals surface area contributed by atoms with Crippen LogP contribution in [-0.2, 0) is 11.3 Å². The summed E-state index contributed by atoms with van der Waals surface area (Å²) in [5.41, 5.74) is 3.65. The number of benzene rings is 2. The average molecular weight is 444 g/mol. The van der Waals surface area contributed by atoms with Crippen molar-refractivity contribution in [1.29, 1.82) is 0 Å². The summed E-state index contributed by atoms with van der Waals surface area (Å²) >= 11 is 0. The molecule has 8 nitrogen and oxygen atoms in total. The smallest absolute Gasteiger partial charge is 0.250 e. The molecule has 1 fully saturated rings. The van der Waals surface area contributed by atoms with E-state index in [9.17, 15) is 4.79 Å². The van der Waals surface area contributed by atoms with Crippen LogP contribution in [0.4, 0.5) is 0 Å². The minimum Gasteiger partial charge on any atom is -0.497 e. The number of methoxy groups -OCH3 is 1. The number of amides is 1. The lowest BCUT2D eigenvalue weighted by Gasteiger charge is -2.15. The normalized spacial score (nSPS) is 13.9. The largest absolute Gasteiger partial charge is 0.497 e. The summed E-state index contributed by atoms with van der Waals surface area (Å²) in [6.45, 7) is 2.39. The van der Waals surface area contributed by atoms with Crippen molar-refractivity contribution in [2.24, 2.45) is 0 Å². The van der Waals surface area contributed by atoms with Gasteiger partial charge in [0.15, 0.2) is 0 Å². The number of aryl methyl sites for hydroxylation is 1. The molecule has 168 valence electrons. The van der Waals surface area contributed by atoms with Gasteiger partial charge in [-0.2, -0.15) is 4.98 Å². The summed E-state index contributed by atoms with van der Waals surface area (Å²) in [6, 6.07) is 13.6. The first-order valence-corrected chi connectivity index (χ1v) is 11.1. The van der Waals surface area contributed by atoms with Crippen LogP contribution in [0.25, 0.3) is 34.6 Å². The van der Waals surface area contributed by atoms with Crippen LogP contribution < -0.4 is 4.74 Å². The molecule has 33 heavy (non-hydrogen) atoms. The Morgan fingerprint density at radius 3 is 2.73 bits per heavy atom. The highest BCUT2D eigenvalue weighted by Gasteiger charge is 2.18. The van der Waals surface area contributed by atoms with Gasteiger partial charge in [-0.25, -0.2) is 4.98 Å². The topological polar surface area (TPSA) is 86.3 Å². The Morgan fingerprint density at radius 2 is 1.94 bits per heavy atom. The maximum absolute atomic E-state index is 12.3. The van der Waals surface area contributed by atoms with Gasteiger partial charge in [0, 0.05) is 37.7 Å². The Bertz CT molecular complexity index is 1280. The zero-order valence-electron chi connectivity index (χ0n) is 18.5. The molecule has 1 amide bonds. The van der Waals surface area contributed by atoms with Crippen LogP contribution >= 0.6 is 0 Å². The summed E-state index contributed by atoms with van der Waals surface area (Å²) in [5.74, 6) is 1.95. The Kier molecular flexibility index (Phi) is 5.89. The number of carbonyl (C=O) groups is 1. The van der Waals surface area contributed by atoms with Crippen LogP contribution in [0, 0.1) is 0 Å². The second kappa shape index (κ2) is 9.28. The van der Waals surface area contributed by atoms with E-state index in [2.05, 4.69) is 15.1 Å². The fraction of sp³-hybridized carbons (Fsp3) is 0.280. The van der Waals surface area contributed by atoms with Crippen molar-refractivity contribution >= 4 is 29.1 Å². The fourth-order valence-electron chi connectivity index (χ4n) is 4.02. The number of rotatable bonds is 7. The zero-order valence-corrected chi connectivity index (χ0v) is 18.5. The molecule has 1 aliphatic rings. The zero-order chi connectivity index (χ0) is 22.6. The van der Waals surface area contributed by atoms with Gasteiger partial charge in [0.1, 0.15) is 5.75 Å². The third-order valence-corrected chi connectivity index (χ3v) is 5.88. The van der Waals surface area contributed by atoms with E-state index in [4.69, 9.17) is 9.26 Å². The minimum atomic E-state index is 0.216. The van der Waals surface area contributed by atoms with Crippen molar-refractivity contribution in [3.8, 4) is 17.1 Å². The number of ether oxygens (including phenoxy) is 1. The molecule has 8 heteroatoms. The highest BCUT2D eigenvalue weighted by molar-refractivity contribution is 5.81. The Labute approximate surface area is 191 Å². The quantitative estimate of drug-likeness (QED) is 0.424. The SMILES string of the molecule is COc1ccc(C=Cc2nc(-c3ccc4c(c3)ncn4CCC(=O)N3CCCC3)no2)cc1. The highest BCUT2D eigenvalue weighted by Crippen LogP contribution is 2.23. The van der Waals surface area contributed by atoms with E-state index in [0.717, 1.165) is 53.8 Å². The van der Waals surface area contributed by atoms with Gasteiger partial charge >= 0.3 is 0 Å². The molecule has 0 saturated carbocycles. The molecule has 5 rings (SSSR count). The first kappa shape index (κ1) is 20.9. The molecule has 0 radical (unpaired) electrons. The van der Waals surface area contributed by atoms with Gasteiger partial charge in [0.25, 0.3) is 5.89 Å². The van der Waals surface area contributed by atoms with Gasteiger partial charge in [-0.15, -0.1) is 0 Å². The molecule has 4 aromatic rings. The molecular weight excluding hydrogens is 418 g/mol. The van der Waals surface area contributed by atoms with Gasteiger partial charge < -0.3 is 18.7 Å². The molecule has 0 N–H and O–H groups in total. The van der Waals surface area contributed by atoms with Crippen molar-refractivity contribution in [2.45, 2.75) is 25.8 Å². The lowest BCUT2D eigenvalue weighted by atomic mass is 10.2. The third-order valence-electron chi connectivity index (χ3n) is 5.88. The summed E-state index contributed by atoms with van der Waals surface area (Å²) in [7, 11) is 1.64. The average Bonchev–Trinajstić information content (AvgIpc) is 3.62. The van der Waals surface area contributed by atoms with Gasteiger partial charge in [0.2, 0.25) is 11.7 Å². The number of fused-ring (bicyclic) bond motifs is 1. The van der Waals surface area contributed by atoms with Crippen LogP contribution in [0.15, 0.2) is 53.3 Å². The minimum absolute atomic E-state index is 0.216. The van der Waals surface area contributed by atoms with Crippen LogP contribution in [0.5, 0.6) is 5.75 Å². The molecule has 0 atom stereocenters. The van der Waals surface area contributed by atoms with E-state index in [0.29, 0.717) is 24.7 Å². The monoisotopic (exact) mass is 443 g/mol. The highest BCUT2D eigenvalue weighted by atomic mass is 16.5. The standard InChI is InChI=1S/C25H25N5O3/c1-32-20-8-4-18(5-9-20)6-11-23-27-25(28-33-23)19-7-10-22-21(16-19)26-17-30(22)15-12-24(31)29-13-2-3-14-29/h4-11,16-17H,2-3,12-15H2,1H3. The van der Waals surface area contributed by atoms with Gasteiger partial charge in [-0.3, -0.25) is 4.79 Å². The molecular formula is C25H25N5O3. The van der Waals surface area contributed by atoms with Gasteiger partial charge in [-0.1, -0.05) is 17.3 Å². The van der Waals surface area contributed by atoms with Crippen molar-refractivity contribution in [3.05, 3.63) is 60.2 Å². The van der Waals surface area contributed by atoms with E-state index in [1.807, 2.05) is 58.0 Å². The Balaban J connectivity index is 1.27. The number of aromatic nitrogens is 4. The maximum Gasteiger partial charge on any atom is 0.250 e. The number of hydrogen-bond donors (Lipinski definition) is 0. The number of imidazole rings is 1. The number of nitrogens with zero attached hydrogens (tertiary/aromatic N) is 5. The van der Waals surface area contributed by atoms with Crippen LogP contribution in [0.1, 0.15) is 30.7 Å². The summed E-state index contributed by atoms with van der Waals surface area (Å²) in [4.78, 5) is 23.3. The van der Waals surface area contributed by atoms with E-state index < -0.39 is 0 Å². The molecule has 1 aliphatic heterocycles. The molecule has 0 spiro atoms. The molecule has 0 unspecified atom stereocenters. The molecule has 1 saturated heterocycles. The summed E-state index contributed by atoms with van der Waals surface area (Å²) in [6.07, 6.45) is 8.18. The van der Waals surface area contributed by atoms with Crippen molar-refractivity contribution in [3.63, 3.8) is 0 Å². The van der Waals surface area contributed by atoms with E-state index in [1.165, 1.54) is 0 Å². The molecule has 0 aliphatic carbocycles. The predicted octanol–water partition coefficient (Wildman–Crippen LogP) is 4.28. The number of likely N-dealkylation sites (tertiary alicyclic amines) is 1. The van der Waals surface area contributed by atoms with Crippen molar-refractivity contribution in [2.75, 3.05) is 20.2 Å². The lowest BCUT2D eigenvalue weighted by molar-refractivity contribution is -0.130. The van der Waals surface area contributed by atoms with Crippen molar-refractivity contribution in [1.82, 2.24) is 24.6 Å². The Morgan fingerprint density at radius 1 is 1.12 bits per heavy atom. The van der Waals surface area contributed by atoms with E-state index >= 15 is 0 Å². The number of carbonyl (C=O) groups excluding carboxylic acids is 1.